The molecule has 6 aromatic carbocycles. The maximum absolute atomic E-state index is 15.2. The van der Waals surface area contributed by atoms with Crippen molar-refractivity contribution in [3.05, 3.63) is 179 Å². The molecule has 0 amide bonds. The standard InChI is InChI=1S/C53H51N3O2/c1-34-35(2)49(55(37-22-14-11-15-23-37)39-29-31-43-41-25-17-19-27-45(41)53(8,9)47(43)33-39)56(50(57)58-51(3,4)5)48(34)54(36-20-12-10-13-21-36)38-28-30-42-40-24-16-18-26-44(40)52(6,7)46(42)32-38/h10-33H,1-9H3. The van der Waals surface area contributed by atoms with Crippen LogP contribution in [-0.4, -0.2) is 16.3 Å². The number of anilines is 6. The largest absolute Gasteiger partial charge is 0.443 e. The molecule has 5 nitrogen and oxygen atoms in total. The van der Waals surface area contributed by atoms with E-state index in [9.17, 15) is 0 Å². The number of carbonyl (C=O) groups is 1. The van der Waals surface area contributed by atoms with E-state index in [1.807, 2.05) is 37.5 Å². The van der Waals surface area contributed by atoms with Crippen molar-refractivity contribution in [3.8, 4) is 22.3 Å². The predicted octanol–water partition coefficient (Wildman–Crippen LogP) is 14.4. The minimum Gasteiger partial charge on any atom is -0.443 e. The normalized spacial score (nSPS) is 14.3. The molecule has 0 fully saturated rings. The number of fused-ring (bicyclic) bond motifs is 6. The fourth-order valence-electron chi connectivity index (χ4n) is 9.39. The highest BCUT2D eigenvalue weighted by molar-refractivity contribution is 5.95. The predicted molar refractivity (Wildman–Crippen MR) is 240 cm³/mol. The van der Waals surface area contributed by atoms with Crippen LogP contribution in [0.2, 0.25) is 0 Å². The van der Waals surface area contributed by atoms with Gasteiger partial charge < -0.3 is 4.74 Å². The number of benzene rings is 6. The molecule has 0 saturated carbocycles. The fraction of sp³-hybridized carbons (Fsp3) is 0.226. The van der Waals surface area contributed by atoms with Crippen LogP contribution in [0.4, 0.5) is 39.2 Å². The molecule has 58 heavy (non-hydrogen) atoms. The van der Waals surface area contributed by atoms with E-state index in [2.05, 4.69) is 185 Å². The summed E-state index contributed by atoms with van der Waals surface area (Å²) >= 11 is 0. The van der Waals surface area contributed by atoms with Crippen molar-refractivity contribution < 1.29 is 9.53 Å². The molecule has 1 aromatic heterocycles. The zero-order valence-corrected chi connectivity index (χ0v) is 35.0. The zero-order valence-electron chi connectivity index (χ0n) is 35.0. The van der Waals surface area contributed by atoms with Crippen molar-refractivity contribution in [1.29, 1.82) is 0 Å². The number of carbonyl (C=O) groups excluding carboxylic acids is 1. The topological polar surface area (TPSA) is 37.7 Å². The van der Waals surface area contributed by atoms with Crippen molar-refractivity contribution in [2.75, 3.05) is 9.80 Å². The molecule has 5 heteroatoms. The van der Waals surface area contributed by atoms with E-state index >= 15 is 4.79 Å². The molecule has 0 N–H and O–H groups in total. The third kappa shape index (κ3) is 5.78. The minimum absolute atomic E-state index is 0.210. The van der Waals surface area contributed by atoms with Gasteiger partial charge in [-0.2, -0.15) is 0 Å². The number of ether oxygens (including phenoxy) is 1. The summed E-state index contributed by atoms with van der Waals surface area (Å²) in [6, 6.07) is 51.7. The van der Waals surface area contributed by atoms with Crippen LogP contribution in [0.25, 0.3) is 22.3 Å². The lowest BCUT2D eigenvalue weighted by Crippen LogP contribution is -2.31. The van der Waals surface area contributed by atoms with Gasteiger partial charge in [0.2, 0.25) is 0 Å². The maximum Gasteiger partial charge on any atom is 0.421 e. The number of aromatic nitrogens is 1. The molecule has 0 unspecified atom stereocenters. The van der Waals surface area contributed by atoms with Crippen LogP contribution in [0.5, 0.6) is 0 Å². The average Bonchev–Trinajstić information content (AvgIpc) is 3.70. The van der Waals surface area contributed by atoms with E-state index < -0.39 is 11.7 Å². The van der Waals surface area contributed by atoms with Crippen LogP contribution in [0.15, 0.2) is 146 Å². The molecule has 2 aliphatic carbocycles. The molecule has 0 radical (unpaired) electrons. The van der Waals surface area contributed by atoms with Crippen LogP contribution >= 0.6 is 0 Å². The number of nitrogens with zero attached hydrogens (tertiary/aromatic N) is 3. The highest BCUT2D eigenvalue weighted by Gasteiger charge is 2.39. The van der Waals surface area contributed by atoms with Crippen LogP contribution in [0.1, 0.15) is 81.8 Å². The minimum atomic E-state index is -0.750. The van der Waals surface area contributed by atoms with Gasteiger partial charge in [-0.05, 0) is 139 Å². The molecule has 0 bridgehead atoms. The summed E-state index contributed by atoms with van der Waals surface area (Å²) in [5.74, 6) is 1.46. The molecular weight excluding hydrogens is 711 g/mol. The lowest BCUT2D eigenvalue weighted by Gasteiger charge is -2.32. The molecular formula is C53H51N3O2. The van der Waals surface area contributed by atoms with E-state index in [0.29, 0.717) is 0 Å². The Morgan fingerprint density at radius 1 is 0.483 bits per heavy atom. The first-order chi connectivity index (χ1) is 27.7. The Morgan fingerprint density at radius 2 is 0.845 bits per heavy atom. The van der Waals surface area contributed by atoms with Crippen molar-refractivity contribution in [2.45, 2.75) is 78.7 Å². The van der Waals surface area contributed by atoms with E-state index in [4.69, 9.17) is 4.74 Å². The number of hydrogen-bond acceptors (Lipinski definition) is 4. The Balaban J connectivity index is 1.32. The summed E-state index contributed by atoms with van der Waals surface area (Å²) in [5.41, 5.74) is 14.8. The maximum atomic E-state index is 15.2. The Morgan fingerprint density at radius 3 is 1.24 bits per heavy atom. The second kappa shape index (κ2) is 13.4. The molecule has 7 aromatic rings. The molecule has 0 aliphatic heterocycles. The van der Waals surface area contributed by atoms with Crippen LogP contribution in [0, 0.1) is 13.8 Å². The zero-order chi connectivity index (χ0) is 40.7. The number of para-hydroxylation sites is 2. The highest BCUT2D eigenvalue weighted by atomic mass is 16.6. The monoisotopic (exact) mass is 761 g/mol. The molecule has 9 rings (SSSR count). The first kappa shape index (κ1) is 37.3. The van der Waals surface area contributed by atoms with Crippen LogP contribution in [0.3, 0.4) is 0 Å². The van der Waals surface area contributed by atoms with Gasteiger partial charge in [-0.1, -0.05) is 125 Å². The molecule has 0 spiro atoms. The van der Waals surface area contributed by atoms with E-state index in [1.54, 1.807) is 0 Å². The van der Waals surface area contributed by atoms with Gasteiger partial charge in [0.1, 0.15) is 17.2 Å². The lowest BCUT2D eigenvalue weighted by atomic mass is 9.82. The van der Waals surface area contributed by atoms with Crippen molar-refractivity contribution in [2.24, 2.45) is 0 Å². The van der Waals surface area contributed by atoms with Gasteiger partial charge in [0.15, 0.2) is 0 Å². The fourth-order valence-corrected chi connectivity index (χ4v) is 9.39. The summed E-state index contributed by atoms with van der Waals surface area (Å²) in [6.07, 6.45) is -0.446. The molecule has 1 heterocycles. The third-order valence-electron chi connectivity index (χ3n) is 12.3. The Labute approximate surface area is 343 Å². The summed E-state index contributed by atoms with van der Waals surface area (Å²) in [7, 11) is 0. The van der Waals surface area contributed by atoms with E-state index in [1.165, 1.54) is 44.5 Å². The second-order valence-corrected chi connectivity index (χ2v) is 17.9. The van der Waals surface area contributed by atoms with Gasteiger partial charge in [0.25, 0.3) is 0 Å². The van der Waals surface area contributed by atoms with Crippen molar-refractivity contribution in [3.63, 3.8) is 0 Å². The summed E-state index contributed by atoms with van der Waals surface area (Å²) < 4.78 is 8.20. The lowest BCUT2D eigenvalue weighted by molar-refractivity contribution is 0.0543. The summed E-state index contributed by atoms with van der Waals surface area (Å²) in [5, 5.41) is 0. The van der Waals surface area contributed by atoms with Crippen molar-refractivity contribution >= 4 is 40.5 Å². The number of hydrogen-bond donors (Lipinski definition) is 0. The second-order valence-electron chi connectivity index (χ2n) is 17.9. The Bertz CT molecular complexity index is 2560. The Kier molecular flexibility index (Phi) is 8.59. The van der Waals surface area contributed by atoms with Crippen LogP contribution < -0.4 is 9.80 Å². The first-order valence-electron chi connectivity index (χ1n) is 20.3. The van der Waals surface area contributed by atoms with E-state index in [0.717, 1.165) is 45.5 Å². The SMILES string of the molecule is Cc1c(C)c(N(c2ccccc2)c2ccc3c(c2)C(C)(C)c2ccccc2-3)n(C(=O)OC(C)(C)C)c1N(c1ccccc1)c1ccc2c(c1)C(C)(C)c1ccccc1-2. The quantitative estimate of drug-likeness (QED) is 0.169. The number of rotatable bonds is 6. The molecule has 290 valence electrons. The van der Waals surface area contributed by atoms with E-state index in [-0.39, 0.29) is 10.8 Å². The van der Waals surface area contributed by atoms with Gasteiger partial charge in [0, 0.05) is 33.6 Å². The summed E-state index contributed by atoms with van der Waals surface area (Å²) in [4.78, 5) is 19.6. The van der Waals surface area contributed by atoms with Gasteiger partial charge in [0.05, 0.1) is 0 Å². The van der Waals surface area contributed by atoms with Gasteiger partial charge >= 0.3 is 6.09 Å². The molecule has 2 aliphatic rings. The molecule has 0 atom stereocenters. The van der Waals surface area contributed by atoms with Crippen LogP contribution in [-0.2, 0) is 15.6 Å². The highest BCUT2D eigenvalue weighted by Crippen LogP contribution is 2.54. The smallest absolute Gasteiger partial charge is 0.421 e. The third-order valence-corrected chi connectivity index (χ3v) is 12.3. The van der Waals surface area contributed by atoms with Gasteiger partial charge in [-0.3, -0.25) is 9.80 Å². The van der Waals surface area contributed by atoms with Gasteiger partial charge in [-0.15, -0.1) is 0 Å². The molecule has 0 saturated heterocycles. The first-order valence-corrected chi connectivity index (χ1v) is 20.3. The average molecular weight is 762 g/mol. The van der Waals surface area contributed by atoms with Gasteiger partial charge in [-0.25, -0.2) is 9.36 Å². The summed E-state index contributed by atoms with van der Waals surface area (Å²) in [6.45, 7) is 19.3. The van der Waals surface area contributed by atoms with Crippen molar-refractivity contribution in [1.82, 2.24) is 4.57 Å². The Hall–Kier alpha value is -6.33.